The second-order valence-corrected chi connectivity index (χ2v) is 4.85. The Morgan fingerprint density at radius 1 is 1.04 bits per heavy atom. The molecule has 0 saturated carbocycles. The summed E-state index contributed by atoms with van der Waals surface area (Å²) in [4.78, 5) is 34.6. The van der Waals surface area contributed by atoms with Gasteiger partial charge in [0.1, 0.15) is 0 Å². The van der Waals surface area contributed by atoms with Crippen molar-refractivity contribution in [2.45, 2.75) is 0 Å². The highest BCUT2D eigenvalue weighted by atomic mass is 16.5. The number of para-hydroxylation sites is 1. The molecule has 0 aliphatic heterocycles. The first-order valence-corrected chi connectivity index (χ1v) is 7.07. The summed E-state index contributed by atoms with van der Waals surface area (Å²) >= 11 is 0. The number of hydrogen-bond acceptors (Lipinski definition) is 4. The van der Waals surface area contributed by atoms with E-state index in [0.29, 0.717) is 11.3 Å². The summed E-state index contributed by atoms with van der Waals surface area (Å²) in [5.41, 5.74) is 7.01. The normalized spacial score (nSPS) is 10.4. The van der Waals surface area contributed by atoms with Crippen molar-refractivity contribution in [3.8, 4) is 0 Å². The van der Waals surface area contributed by atoms with E-state index in [2.05, 4.69) is 10.1 Å². The monoisotopic (exact) mass is 324 g/mol. The molecule has 0 unspecified atom stereocenters. The van der Waals surface area contributed by atoms with Gasteiger partial charge >= 0.3 is 5.97 Å². The third-order valence-corrected chi connectivity index (χ3v) is 3.21. The Hall–Kier alpha value is -3.41. The van der Waals surface area contributed by atoms with Crippen LogP contribution in [0.2, 0.25) is 0 Å². The fourth-order valence-electron chi connectivity index (χ4n) is 2.00. The number of amides is 2. The number of carbonyl (C=O) groups is 3. The van der Waals surface area contributed by atoms with E-state index in [-0.39, 0.29) is 5.56 Å². The van der Waals surface area contributed by atoms with Gasteiger partial charge in [-0.25, -0.2) is 4.79 Å². The summed E-state index contributed by atoms with van der Waals surface area (Å²) < 4.78 is 4.61. The molecule has 0 saturated heterocycles. The van der Waals surface area contributed by atoms with Crippen molar-refractivity contribution in [1.29, 1.82) is 0 Å². The largest absolute Gasteiger partial charge is 0.465 e. The van der Waals surface area contributed by atoms with Crippen LogP contribution >= 0.6 is 0 Å². The average Bonchev–Trinajstić information content (AvgIpc) is 2.60. The number of rotatable bonds is 5. The Labute approximate surface area is 138 Å². The lowest BCUT2D eigenvalue weighted by Gasteiger charge is -2.06. The minimum atomic E-state index is -0.617. The standard InChI is InChI=1S/C18H16N2O4/c1-24-18(23)13-9-6-12(7-10-13)8-11-16(21)20-15-5-3-2-4-14(15)17(19)22/h2-11H,1H3,(H2,19,22)(H,20,21)/b11-8+. The maximum Gasteiger partial charge on any atom is 0.337 e. The predicted molar refractivity (Wildman–Crippen MR) is 90.4 cm³/mol. The van der Waals surface area contributed by atoms with Crippen molar-refractivity contribution in [2.24, 2.45) is 5.73 Å². The smallest absolute Gasteiger partial charge is 0.337 e. The van der Waals surface area contributed by atoms with Crippen LogP contribution in [0, 0.1) is 0 Å². The molecule has 6 nitrogen and oxygen atoms in total. The van der Waals surface area contributed by atoms with Crippen molar-refractivity contribution in [2.75, 3.05) is 12.4 Å². The summed E-state index contributed by atoms with van der Waals surface area (Å²) in [5.74, 6) is -1.44. The number of benzene rings is 2. The molecule has 0 aromatic heterocycles. The maximum absolute atomic E-state index is 12.0. The molecule has 6 heteroatoms. The summed E-state index contributed by atoms with van der Waals surface area (Å²) in [7, 11) is 1.31. The zero-order valence-electron chi connectivity index (χ0n) is 13.0. The second-order valence-electron chi connectivity index (χ2n) is 4.85. The van der Waals surface area contributed by atoms with E-state index >= 15 is 0 Å². The van der Waals surface area contributed by atoms with Gasteiger partial charge in [0.05, 0.1) is 23.9 Å². The number of esters is 1. The highest BCUT2D eigenvalue weighted by Gasteiger charge is 2.08. The van der Waals surface area contributed by atoms with Gasteiger partial charge in [0.15, 0.2) is 0 Å². The Balaban J connectivity index is 2.06. The highest BCUT2D eigenvalue weighted by Crippen LogP contribution is 2.14. The molecule has 0 aliphatic rings. The molecule has 24 heavy (non-hydrogen) atoms. The van der Waals surface area contributed by atoms with Crippen LogP contribution < -0.4 is 11.1 Å². The minimum absolute atomic E-state index is 0.238. The SMILES string of the molecule is COC(=O)c1ccc(/C=C/C(=O)Nc2ccccc2C(N)=O)cc1. The van der Waals surface area contributed by atoms with Gasteiger partial charge in [0.2, 0.25) is 5.91 Å². The molecule has 0 heterocycles. The topological polar surface area (TPSA) is 98.5 Å². The molecule has 2 aromatic rings. The van der Waals surface area contributed by atoms with Crippen LogP contribution in [-0.4, -0.2) is 24.9 Å². The van der Waals surface area contributed by atoms with Gasteiger partial charge in [-0.15, -0.1) is 0 Å². The summed E-state index contributed by atoms with van der Waals surface area (Å²) in [6.45, 7) is 0. The van der Waals surface area contributed by atoms with Crippen LogP contribution in [0.3, 0.4) is 0 Å². The Bertz CT molecular complexity index is 795. The van der Waals surface area contributed by atoms with E-state index in [1.54, 1.807) is 48.5 Å². The van der Waals surface area contributed by atoms with E-state index < -0.39 is 17.8 Å². The van der Waals surface area contributed by atoms with E-state index in [1.807, 2.05) is 0 Å². The number of anilines is 1. The van der Waals surface area contributed by atoms with Crippen LogP contribution in [-0.2, 0) is 9.53 Å². The third kappa shape index (κ3) is 4.30. The second kappa shape index (κ2) is 7.73. The average molecular weight is 324 g/mol. The fourth-order valence-corrected chi connectivity index (χ4v) is 2.00. The molecule has 2 aromatic carbocycles. The number of hydrogen-bond donors (Lipinski definition) is 2. The zero-order chi connectivity index (χ0) is 17.5. The van der Waals surface area contributed by atoms with Crippen LogP contribution in [0.5, 0.6) is 0 Å². The lowest BCUT2D eigenvalue weighted by atomic mass is 10.1. The molecule has 3 N–H and O–H groups in total. The quantitative estimate of drug-likeness (QED) is 0.651. The minimum Gasteiger partial charge on any atom is -0.465 e. The molecule has 0 aliphatic carbocycles. The molecule has 2 rings (SSSR count). The Kier molecular flexibility index (Phi) is 5.46. The number of ether oxygens (including phenoxy) is 1. The number of nitrogens with two attached hydrogens (primary N) is 1. The van der Waals surface area contributed by atoms with Gasteiger partial charge < -0.3 is 15.8 Å². The van der Waals surface area contributed by atoms with Crippen LogP contribution in [0.25, 0.3) is 6.08 Å². The highest BCUT2D eigenvalue weighted by molar-refractivity contribution is 6.07. The lowest BCUT2D eigenvalue weighted by Crippen LogP contribution is -2.16. The van der Waals surface area contributed by atoms with E-state index in [9.17, 15) is 14.4 Å². The van der Waals surface area contributed by atoms with E-state index in [4.69, 9.17) is 5.73 Å². The third-order valence-electron chi connectivity index (χ3n) is 3.21. The van der Waals surface area contributed by atoms with Gasteiger partial charge in [0.25, 0.3) is 5.91 Å². The van der Waals surface area contributed by atoms with E-state index in [0.717, 1.165) is 5.56 Å². The summed E-state index contributed by atoms with van der Waals surface area (Å²) in [5, 5.41) is 2.60. The lowest BCUT2D eigenvalue weighted by molar-refractivity contribution is -0.111. The van der Waals surface area contributed by atoms with Gasteiger partial charge in [-0.3, -0.25) is 9.59 Å². The molecule has 0 spiro atoms. The molecule has 2 amide bonds. The van der Waals surface area contributed by atoms with Crippen LogP contribution in [0.15, 0.2) is 54.6 Å². The first kappa shape index (κ1) is 17.0. The Morgan fingerprint density at radius 3 is 2.33 bits per heavy atom. The summed E-state index contributed by atoms with van der Waals surface area (Å²) in [6, 6.07) is 13.1. The number of methoxy groups -OCH3 is 1. The number of nitrogens with one attached hydrogen (secondary N) is 1. The van der Waals surface area contributed by atoms with Gasteiger partial charge in [-0.1, -0.05) is 24.3 Å². The Morgan fingerprint density at radius 2 is 1.71 bits per heavy atom. The van der Waals surface area contributed by atoms with Gasteiger partial charge in [-0.05, 0) is 35.9 Å². The molecule has 0 bridgehead atoms. The maximum atomic E-state index is 12.0. The fraction of sp³-hybridized carbons (Fsp3) is 0.0556. The summed E-state index contributed by atoms with van der Waals surface area (Å²) in [6.07, 6.45) is 2.91. The van der Waals surface area contributed by atoms with Crippen molar-refractivity contribution >= 4 is 29.5 Å². The van der Waals surface area contributed by atoms with Crippen LogP contribution in [0.4, 0.5) is 5.69 Å². The molecular weight excluding hydrogens is 308 g/mol. The van der Waals surface area contributed by atoms with Crippen molar-refractivity contribution < 1.29 is 19.1 Å². The van der Waals surface area contributed by atoms with Gasteiger partial charge in [0, 0.05) is 6.08 Å². The number of carbonyl (C=O) groups excluding carboxylic acids is 3. The first-order valence-electron chi connectivity index (χ1n) is 7.07. The van der Waals surface area contributed by atoms with Gasteiger partial charge in [-0.2, -0.15) is 0 Å². The molecule has 0 atom stereocenters. The van der Waals surface area contributed by atoms with Crippen LogP contribution in [0.1, 0.15) is 26.3 Å². The van der Waals surface area contributed by atoms with Crippen molar-refractivity contribution in [3.63, 3.8) is 0 Å². The predicted octanol–water partition coefficient (Wildman–Crippen LogP) is 2.22. The molecule has 122 valence electrons. The van der Waals surface area contributed by atoms with E-state index in [1.165, 1.54) is 19.3 Å². The first-order chi connectivity index (χ1) is 11.5. The molecular formula is C18H16N2O4. The molecule has 0 fully saturated rings. The van der Waals surface area contributed by atoms with Crippen molar-refractivity contribution in [1.82, 2.24) is 0 Å². The van der Waals surface area contributed by atoms with Crippen molar-refractivity contribution in [3.05, 3.63) is 71.3 Å². The number of primary amides is 1. The molecule has 0 radical (unpaired) electrons. The zero-order valence-corrected chi connectivity index (χ0v) is 13.0.